The zero-order chi connectivity index (χ0) is 10.1. The van der Waals surface area contributed by atoms with E-state index in [4.69, 9.17) is 4.74 Å². The van der Waals surface area contributed by atoms with E-state index < -0.39 is 0 Å². The van der Waals surface area contributed by atoms with Crippen LogP contribution < -0.4 is 4.74 Å². The largest absolute Gasteiger partial charge is 0.494 e. The standard InChI is InChI=1S/C11H12FNO/c1-3-7-6-13-11-8(7)4-5-9(14-2)10(11)12/h4-6,13H,3H2,1-2H3. The van der Waals surface area contributed by atoms with E-state index in [1.807, 2.05) is 19.2 Å². The van der Waals surface area contributed by atoms with Crippen LogP contribution in [0.25, 0.3) is 10.9 Å². The number of ether oxygens (including phenoxy) is 1. The van der Waals surface area contributed by atoms with Gasteiger partial charge in [-0.2, -0.15) is 0 Å². The summed E-state index contributed by atoms with van der Waals surface area (Å²) >= 11 is 0. The molecule has 0 saturated heterocycles. The van der Waals surface area contributed by atoms with Crippen LogP contribution in [0.15, 0.2) is 18.3 Å². The molecule has 0 unspecified atom stereocenters. The average Bonchev–Trinajstić information content (AvgIpc) is 2.62. The fourth-order valence-corrected chi connectivity index (χ4v) is 1.65. The zero-order valence-electron chi connectivity index (χ0n) is 8.23. The molecule has 14 heavy (non-hydrogen) atoms. The van der Waals surface area contributed by atoms with Crippen molar-refractivity contribution < 1.29 is 9.13 Å². The summed E-state index contributed by atoms with van der Waals surface area (Å²) in [6, 6.07) is 3.54. The molecule has 1 heterocycles. The molecule has 0 aliphatic rings. The number of hydrogen-bond donors (Lipinski definition) is 1. The van der Waals surface area contributed by atoms with E-state index in [0.717, 1.165) is 17.4 Å². The fourth-order valence-electron chi connectivity index (χ4n) is 1.65. The SMILES string of the molecule is CCc1c[nH]c2c(F)c(OC)ccc12. The highest BCUT2D eigenvalue weighted by Gasteiger charge is 2.10. The fraction of sp³-hybridized carbons (Fsp3) is 0.273. The first-order valence-electron chi connectivity index (χ1n) is 4.60. The van der Waals surface area contributed by atoms with Crippen LogP contribution in [0.2, 0.25) is 0 Å². The molecule has 0 aliphatic carbocycles. The molecule has 0 radical (unpaired) electrons. The number of benzene rings is 1. The van der Waals surface area contributed by atoms with Crippen molar-refractivity contribution in [2.75, 3.05) is 7.11 Å². The van der Waals surface area contributed by atoms with Gasteiger partial charge in [0.2, 0.25) is 0 Å². The van der Waals surface area contributed by atoms with E-state index in [2.05, 4.69) is 4.98 Å². The van der Waals surface area contributed by atoms with Crippen LogP contribution in [0.4, 0.5) is 4.39 Å². The average molecular weight is 193 g/mol. The Morgan fingerprint density at radius 3 is 2.86 bits per heavy atom. The lowest BCUT2D eigenvalue weighted by molar-refractivity contribution is 0.388. The van der Waals surface area contributed by atoms with Gasteiger partial charge in [-0.15, -0.1) is 0 Å². The first-order valence-corrected chi connectivity index (χ1v) is 4.60. The van der Waals surface area contributed by atoms with Gasteiger partial charge < -0.3 is 9.72 Å². The van der Waals surface area contributed by atoms with Crippen molar-refractivity contribution in [1.29, 1.82) is 0 Å². The number of aromatic amines is 1. The lowest BCUT2D eigenvalue weighted by Crippen LogP contribution is -1.88. The highest BCUT2D eigenvalue weighted by Crippen LogP contribution is 2.27. The number of H-pyrrole nitrogens is 1. The molecule has 0 atom stereocenters. The van der Waals surface area contributed by atoms with E-state index in [-0.39, 0.29) is 11.6 Å². The zero-order valence-corrected chi connectivity index (χ0v) is 8.23. The normalized spacial score (nSPS) is 10.8. The van der Waals surface area contributed by atoms with Gasteiger partial charge in [-0.25, -0.2) is 4.39 Å². The Kier molecular flexibility index (Phi) is 2.15. The predicted molar refractivity (Wildman–Crippen MR) is 54.2 cm³/mol. The number of rotatable bonds is 2. The molecule has 74 valence electrons. The summed E-state index contributed by atoms with van der Waals surface area (Å²) in [6.07, 6.45) is 2.74. The molecule has 1 aromatic carbocycles. The Bertz CT molecular complexity index is 462. The minimum Gasteiger partial charge on any atom is -0.494 e. The minimum atomic E-state index is -0.315. The van der Waals surface area contributed by atoms with Crippen LogP contribution in [0, 0.1) is 5.82 Å². The highest BCUT2D eigenvalue weighted by molar-refractivity contribution is 5.85. The summed E-state index contributed by atoms with van der Waals surface area (Å²) in [6.45, 7) is 2.05. The maximum atomic E-state index is 13.7. The van der Waals surface area contributed by atoms with Gasteiger partial charge in [0.1, 0.15) is 0 Å². The van der Waals surface area contributed by atoms with Crippen molar-refractivity contribution in [2.45, 2.75) is 13.3 Å². The van der Waals surface area contributed by atoms with Gasteiger partial charge in [0.05, 0.1) is 12.6 Å². The third kappa shape index (κ3) is 1.16. The molecule has 0 fully saturated rings. The summed E-state index contributed by atoms with van der Waals surface area (Å²) < 4.78 is 18.6. The molecule has 1 N–H and O–H groups in total. The van der Waals surface area contributed by atoms with Crippen molar-refractivity contribution in [3.63, 3.8) is 0 Å². The first-order chi connectivity index (χ1) is 6.77. The van der Waals surface area contributed by atoms with Crippen LogP contribution in [0.1, 0.15) is 12.5 Å². The third-order valence-electron chi connectivity index (χ3n) is 2.44. The molecule has 0 bridgehead atoms. The molecular weight excluding hydrogens is 181 g/mol. The van der Waals surface area contributed by atoms with Crippen molar-refractivity contribution in [3.05, 3.63) is 29.7 Å². The van der Waals surface area contributed by atoms with Crippen LogP contribution in [-0.2, 0) is 6.42 Å². The van der Waals surface area contributed by atoms with E-state index >= 15 is 0 Å². The maximum absolute atomic E-state index is 13.7. The Balaban J connectivity index is 2.72. The summed E-state index contributed by atoms with van der Waals surface area (Å²) in [4.78, 5) is 2.93. The third-order valence-corrected chi connectivity index (χ3v) is 2.44. The molecule has 3 heteroatoms. The van der Waals surface area contributed by atoms with Gasteiger partial charge in [0.15, 0.2) is 11.6 Å². The monoisotopic (exact) mass is 193 g/mol. The van der Waals surface area contributed by atoms with Gasteiger partial charge in [0, 0.05) is 11.6 Å². The van der Waals surface area contributed by atoms with Crippen molar-refractivity contribution in [2.24, 2.45) is 0 Å². The Morgan fingerprint density at radius 1 is 1.43 bits per heavy atom. The van der Waals surface area contributed by atoms with Crippen LogP contribution in [0.5, 0.6) is 5.75 Å². The predicted octanol–water partition coefficient (Wildman–Crippen LogP) is 2.88. The molecule has 2 rings (SSSR count). The van der Waals surface area contributed by atoms with E-state index in [9.17, 15) is 4.39 Å². The number of aryl methyl sites for hydroxylation is 1. The highest BCUT2D eigenvalue weighted by atomic mass is 19.1. The number of nitrogens with one attached hydrogen (secondary N) is 1. The second kappa shape index (κ2) is 3.33. The topological polar surface area (TPSA) is 25.0 Å². The van der Waals surface area contributed by atoms with Crippen LogP contribution in [0.3, 0.4) is 0 Å². The van der Waals surface area contributed by atoms with Gasteiger partial charge in [-0.1, -0.05) is 6.92 Å². The number of halogens is 1. The lowest BCUT2D eigenvalue weighted by atomic mass is 10.1. The van der Waals surface area contributed by atoms with Gasteiger partial charge >= 0.3 is 0 Å². The number of hydrogen-bond acceptors (Lipinski definition) is 1. The maximum Gasteiger partial charge on any atom is 0.189 e. The lowest BCUT2D eigenvalue weighted by Gasteiger charge is -2.02. The summed E-state index contributed by atoms with van der Waals surface area (Å²) in [5.41, 5.74) is 1.66. The first kappa shape index (κ1) is 9.06. The molecule has 0 aliphatic heterocycles. The van der Waals surface area contributed by atoms with E-state index in [0.29, 0.717) is 5.52 Å². The minimum absolute atomic E-state index is 0.280. The number of methoxy groups -OCH3 is 1. The number of fused-ring (bicyclic) bond motifs is 1. The molecule has 0 spiro atoms. The summed E-state index contributed by atoms with van der Waals surface area (Å²) in [5.74, 6) is -0.0355. The van der Waals surface area contributed by atoms with Crippen molar-refractivity contribution in [3.8, 4) is 5.75 Å². The van der Waals surface area contributed by atoms with Crippen molar-refractivity contribution in [1.82, 2.24) is 4.98 Å². The quantitative estimate of drug-likeness (QED) is 0.779. The van der Waals surface area contributed by atoms with Gasteiger partial charge in [-0.05, 0) is 24.1 Å². The Labute approximate surface area is 81.7 Å². The van der Waals surface area contributed by atoms with Gasteiger partial charge in [-0.3, -0.25) is 0 Å². The summed E-state index contributed by atoms with van der Waals surface area (Å²) in [7, 11) is 1.47. The Morgan fingerprint density at radius 2 is 2.21 bits per heavy atom. The van der Waals surface area contributed by atoms with Crippen LogP contribution >= 0.6 is 0 Å². The Hall–Kier alpha value is -1.51. The molecule has 0 amide bonds. The molecule has 2 aromatic rings. The second-order valence-electron chi connectivity index (χ2n) is 3.17. The molecule has 2 nitrogen and oxygen atoms in total. The summed E-state index contributed by atoms with van der Waals surface area (Å²) in [5, 5.41) is 0.936. The van der Waals surface area contributed by atoms with Crippen molar-refractivity contribution >= 4 is 10.9 Å². The van der Waals surface area contributed by atoms with Gasteiger partial charge in [0.25, 0.3) is 0 Å². The van der Waals surface area contributed by atoms with E-state index in [1.165, 1.54) is 7.11 Å². The number of aromatic nitrogens is 1. The molecule has 1 aromatic heterocycles. The smallest absolute Gasteiger partial charge is 0.189 e. The van der Waals surface area contributed by atoms with Crippen LogP contribution in [-0.4, -0.2) is 12.1 Å². The molecule has 0 saturated carbocycles. The molecular formula is C11H12FNO. The second-order valence-corrected chi connectivity index (χ2v) is 3.17. The van der Waals surface area contributed by atoms with E-state index in [1.54, 1.807) is 6.07 Å².